The maximum Gasteiger partial charge on any atom is 0.387 e. The van der Waals surface area contributed by atoms with Gasteiger partial charge in [-0.05, 0) is 19.3 Å². The fourth-order valence-corrected chi connectivity index (χ4v) is 3.83. The third-order valence-corrected chi connectivity index (χ3v) is 6.37. The lowest BCUT2D eigenvalue weighted by atomic mass is 9.96. The lowest BCUT2D eigenvalue weighted by Crippen LogP contribution is -2.45. The van der Waals surface area contributed by atoms with Crippen LogP contribution in [0.3, 0.4) is 0 Å². The van der Waals surface area contributed by atoms with Crippen LogP contribution in [0.25, 0.3) is 0 Å². The van der Waals surface area contributed by atoms with Crippen LogP contribution in [0.1, 0.15) is 149 Å². The van der Waals surface area contributed by atoms with Crippen molar-refractivity contribution in [2.24, 2.45) is 0 Å². The molecule has 1 N–H and O–H groups in total. The molecule has 0 heterocycles. The van der Waals surface area contributed by atoms with Crippen LogP contribution >= 0.6 is 0 Å². The second-order valence-corrected chi connectivity index (χ2v) is 10.5. The smallest absolute Gasteiger partial charge is 0.377 e. The van der Waals surface area contributed by atoms with E-state index in [1.54, 1.807) is 0 Å². The van der Waals surface area contributed by atoms with E-state index in [0.717, 1.165) is 77.0 Å². The van der Waals surface area contributed by atoms with Crippen LogP contribution in [0.4, 0.5) is 0 Å². The third kappa shape index (κ3) is 22.0. The largest absolute Gasteiger partial charge is 0.387 e. The first-order valence-electron chi connectivity index (χ1n) is 15.5. The van der Waals surface area contributed by atoms with Crippen molar-refractivity contribution in [1.82, 2.24) is 0 Å². The standard InChI is InChI=1S/C30H50O13/c1-4-7-10-13-16-19-24(31)38-41-27(34)22-30(37,29(36)43-40-26(33)21-18-15-12-9-6-3)23-28(35)42-39-25(32)20-17-14-11-8-5-2/h37H,4-23H2,1-3H3. The number of hydrogen-bond donors (Lipinski definition) is 1. The minimum absolute atomic E-state index is 0.0198. The Kier molecular flexibility index (Phi) is 23.4. The highest BCUT2D eigenvalue weighted by molar-refractivity contribution is 5.90. The highest BCUT2D eigenvalue weighted by Gasteiger charge is 2.46. The Morgan fingerprint density at radius 3 is 1.02 bits per heavy atom. The van der Waals surface area contributed by atoms with Crippen LogP contribution in [0.15, 0.2) is 0 Å². The Bertz CT molecular complexity index is 796. The minimum atomic E-state index is -2.98. The van der Waals surface area contributed by atoms with Gasteiger partial charge in [0.15, 0.2) is 5.60 Å². The van der Waals surface area contributed by atoms with Crippen molar-refractivity contribution in [3.8, 4) is 0 Å². The third-order valence-electron chi connectivity index (χ3n) is 6.37. The Morgan fingerprint density at radius 1 is 0.419 bits per heavy atom. The molecule has 0 aliphatic heterocycles. The molecule has 0 radical (unpaired) electrons. The Labute approximate surface area is 254 Å². The van der Waals surface area contributed by atoms with Crippen molar-refractivity contribution in [2.75, 3.05) is 0 Å². The molecule has 43 heavy (non-hydrogen) atoms. The summed E-state index contributed by atoms with van der Waals surface area (Å²) in [6.07, 6.45) is 10.1. The molecule has 13 heteroatoms. The molecule has 0 aromatic rings. The zero-order valence-corrected chi connectivity index (χ0v) is 26.0. The molecule has 0 aromatic carbocycles. The van der Waals surface area contributed by atoms with Crippen LogP contribution in [-0.4, -0.2) is 46.5 Å². The lowest BCUT2D eigenvalue weighted by molar-refractivity contribution is -0.279. The van der Waals surface area contributed by atoms with Gasteiger partial charge in [0.2, 0.25) is 0 Å². The normalized spacial score (nSPS) is 10.9. The quantitative estimate of drug-likeness (QED) is 0.0852. The summed E-state index contributed by atoms with van der Waals surface area (Å²) in [5.74, 6) is -7.09. The molecule has 0 unspecified atom stereocenters. The number of carbonyl (C=O) groups excluding carboxylic acids is 6. The maximum absolute atomic E-state index is 12.6. The Balaban J connectivity index is 5.01. The van der Waals surface area contributed by atoms with Crippen LogP contribution in [0, 0.1) is 0 Å². The zero-order chi connectivity index (χ0) is 32.3. The first-order valence-corrected chi connectivity index (χ1v) is 15.5. The predicted molar refractivity (Wildman–Crippen MR) is 151 cm³/mol. The molecule has 248 valence electrons. The van der Waals surface area contributed by atoms with E-state index < -0.39 is 54.3 Å². The van der Waals surface area contributed by atoms with Gasteiger partial charge in [0, 0.05) is 0 Å². The molecule has 0 bridgehead atoms. The molecule has 0 rings (SSSR count). The molecule has 0 fully saturated rings. The fraction of sp³-hybridized carbons (Fsp3) is 0.800. The number of unbranched alkanes of at least 4 members (excludes halogenated alkanes) is 12. The highest BCUT2D eigenvalue weighted by Crippen LogP contribution is 2.21. The van der Waals surface area contributed by atoms with Gasteiger partial charge in [-0.2, -0.15) is 0 Å². The number of hydrogen-bond acceptors (Lipinski definition) is 13. The maximum atomic E-state index is 12.6. The Morgan fingerprint density at radius 2 is 0.698 bits per heavy atom. The van der Waals surface area contributed by atoms with Crippen molar-refractivity contribution in [3.63, 3.8) is 0 Å². The average Bonchev–Trinajstić information content (AvgIpc) is 2.97. The van der Waals surface area contributed by atoms with Crippen molar-refractivity contribution in [2.45, 2.75) is 155 Å². The predicted octanol–water partition coefficient (Wildman–Crippen LogP) is 5.58. The number of carbonyl (C=O) groups is 6. The summed E-state index contributed by atoms with van der Waals surface area (Å²) in [6.45, 7) is 6.14. The molecule has 0 saturated heterocycles. The molecule has 0 atom stereocenters. The SMILES string of the molecule is CCCCCCCC(=O)OOC(=O)CC(O)(CC(=O)OOC(=O)CCCCCCC)C(=O)OOC(=O)CCCCCCC. The summed E-state index contributed by atoms with van der Waals surface area (Å²) in [5, 5.41) is 10.8. The van der Waals surface area contributed by atoms with Crippen LogP contribution in [0.5, 0.6) is 0 Å². The number of rotatable bonds is 23. The van der Waals surface area contributed by atoms with Gasteiger partial charge in [-0.25, -0.2) is 58.1 Å². The van der Waals surface area contributed by atoms with Crippen molar-refractivity contribution in [1.29, 1.82) is 0 Å². The molecule has 0 amide bonds. The van der Waals surface area contributed by atoms with Crippen LogP contribution in [0.2, 0.25) is 0 Å². The first kappa shape index (κ1) is 39.8. The van der Waals surface area contributed by atoms with E-state index in [4.69, 9.17) is 0 Å². The molecule has 0 saturated carbocycles. The molecule has 0 spiro atoms. The van der Waals surface area contributed by atoms with E-state index in [1.807, 2.05) is 20.8 Å². The second kappa shape index (κ2) is 25.3. The molecular formula is C30H50O13. The molecule has 0 aliphatic rings. The fourth-order valence-electron chi connectivity index (χ4n) is 3.83. The van der Waals surface area contributed by atoms with E-state index in [0.29, 0.717) is 19.3 Å². The topological polar surface area (TPSA) is 178 Å². The van der Waals surface area contributed by atoms with Gasteiger partial charge >= 0.3 is 35.8 Å². The minimum Gasteiger partial charge on any atom is -0.377 e. The van der Waals surface area contributed by atoms with Gasteiger partial charge < -0.3 is 5.11 Å². The van der Waals surface area contributed by atoms with Gasteiger partial charge in [0.1, 0.15) is 0 Å². The van der Waals surface area contributed by atoms with Crippen molar-refractivity contribution in [3.05, 3.63) is 0 Å². The van der Waals surface area contributed by atoms with Gasteiger partial charge in [-0.1, -0.05) is 97.8 Å². The molecule has 13 nitrogen and oxygen atoms in total. The van der Waals surface area contributed by atoms with E-state index in [9.17, 15) is 33.9 Å². The van der Waals surface area contributed by atoms with Crippen molar-refractivity contribution >= 4 is 35.8 Å². The van der Waals surface area contributed by atoms with E-state index in [2.05, 4.69) is 29.3 Å². The van der Waals surface area contributed by atoms with Crippen LogP contribution in [-0.2, 0) is 58.1 Å². The van der Waals surface area contributed by atoms with Gasteiger partial charge in [-0.3, -0.25) is 0 Å². The van der Waals surface area contributed by atoms with Gasteiger partial charge in [0.25, 0.3) is 0 Å². The average molecular weight is 619 g/mol. The van der Waals surface area contributed by atoms with Crippen LogP contribution < -0.4 is 0 Å². The second-order valence-electron chi connectivity index (χ2n) is 10.5. The monoisotopic (exact) mass is 618 g/mol. The van der Waals surface area contributed by atoms with Gasteiger partial charge in [-0.15, -0.1) is 0 Å². The summed E-state index contributed by atoms with van der Waals surface area (Å²) in [6, 6.07) is 0. The summed E-state index contributed by atoms with van der Waals surface area (Å²) < 4.78 is 0. The highest BCUT2D eigenvalue weighted by atomic mass is 17.2. The van der Waals surface area contributed by atoms with Gasteiger partial charge in [0.05, 0.1) is 32.1 Å². The molecular weight excluding hydrogens is 568 g/mol. The number of aliphatic hydroxyl groups is 1. The van der Waals surface area contributed by atoms with E-state index in [1.165, 1.54) is 0 Å². The Hall–Kier alpha value is -3.22. The molecule has 0 aromatic heterocycles. The first-order chi connectivity index (χ1) is 20.6. The lowest BCUT2D eigenvalue weighted by Gasteiger charge is -2.21. The van der Waals surface area contributed by atoms with E-state index in [-0.39, 0.29) is 19.3 Å². The summed E-state index contributed by atoms with van der Waals surface area (Å²) >= 11 is 0. The van der Waals surface area contributed by atoms with E-state index >= 15 is 0 Å². The summed E-state index contributed by atoms with van der Waals surface area (Å²) in [7, 11) is 0. The zero-order valence-electron chi connectivity index (χ0n) is 26.0. The summed E-state index contributed by atoms with van der Waals surface area (Å²) in [4.78, 5) is 99.2. The summed E-state index contributed by atoms with van der Waals surface area (Å²) in [5.41, 5.74) is -2.98. The molecule has 0 aliphatic carbocycles. The van der Waals surface area contributed by atoms with Crippen molar-refractivity contribution < 1.29 is 63.2 Å².